The number of amides is 2. The third-order valence-corrected chi connectivity index (χ3v) is 4.58. The smallest absolute Gasteiger partial charge is 0.228 e. The Hall–Kier alpha value is -1.83. The van der Waals surface area contributed by atoms with E-state index in [0.717, 1.165) is 0 Å². The van der Waals surface area contributed by atoms with Gasteiger partial charge in [0, 0.05) is 45.3 Å². The summed E-state index contributed by atoms with van der Waals surface area (Å²) in [4.78, 5) is 28.7. The van der Waals surface area contributed by atoms with Crippen molar-refractivity contribution in [3.05, 3.63) is 23.2 Å². The van der Waals surface area contributed by atoms with Gasteiger partial charge in [-0.05, 0) is 18.2 Å². The van der Waals surface area contributed by atoms with Crippen molar-refractivity contribution < 1.29 is 23.8 Å². The highest BCUT2D eigenvalue weighted by Crippen LogP contribution is 2.35. The molecule has 1 aromatic rings. The molecule has 0 spiro atoms. The first-order valence-corrected chi connectivity index (χ1v) is 8.80. The van der Waals surface area contributed by atoms with Crippen molar-refractivity contribution in [1.29, 1.82) is 0 Å². The largest absolute Gasteiger partial charge is 0.495 e. The van der Waals surface area contributed by atoms with Crippen molar-refractivity contribution in [3.8, 4) is 5.75 Å². The molecule has 0 aliphatic carbocycles. The van der Waals surface area contributed by atoms with Crippen LogP contribution >= 0.6 is 11.6 Å². The molecule has 1 unspecified atom stereocenters. The van der Waals surface area contributed by atoms with E-state index in [0.29, 0.717) is 49.3 Å². The van der Waals surface area contributed by atoms with Gasteiger partial charge in [0.1, 0.15) is 5.75 Å². The number of benzene rings is 1. The fourth-order valence-corrected chi connectivity index (χ4v) is 3.14. The molecule has 1 atom stereocenters. The summed E-state index contributed by atoms with van der Waals surface area (Å²) < 4.78 is 15.5. The molecule has 0 bridgehead atoms. The monoisotopic (exact) mass is 384 g/mol. The van der Waals surface area contributed by atoms with Crippen molar-refractivity contribution >= 4 is 29.1 Å². The SMILES string of the molecule is COCCN(CCOC)C(=O)C1CC(=O)N(c2cc(Cl)ccc2OC)C1. The van der Waals surface area contributed by atoms with E-state index in [1.165, 1.54) is 7.11 Å². The van der Waals surface area contributed by atoms with Crippen LogP contribution in [0.3, 0.4) is 0 Å². The van der Waals surface area contributed by atoms with Crippen LogP contribution in [0.4, 0.5) is 5.69 Å². The maximum Gasteiger partial charge on any atom is 0.228 e. The van der Waals surface area contributed by atoms with Gasteiger partial charge in [0.2, 0.25) is 11.8 Å². The van der Waals surface area contributed by atoms with Crippen LogP contribution in [0.15, 0.2) is 18.2 Å². The summed E-state index contributed by atoms with van der Waals surface area (Å²) in [6, 6.07) is 5.09. The predicted molar refractivity (Wildman–Crippen MR) is 98.8 cm³/mol. The molecule has 1 aromatic carbocycles. The molecule has 1 fully saturated rings. The lowest BCUT2D eigenvalue weighted by molar-refractivity contribution is -0.137. The van der Waals surface area contributed by atoms with Crippen LogP contribution in [-0.2, 0) is 19.1 Å². The maximum atomic E-state index is 12.9. The zero-order valence-electron chi connectivity index (χ0n) is 15.4. The van der Waals surface area contributed by atoms with E-state index in [4.69, 9.17) is 25.8 Å². The molecule has 26 heavy (non-hydrogen) atoms. The van der Waals surface area contributed by atoms with Gasteiger partial charge in [-0.25, -0.2) is 0 Å². The quantitative estimate of drug-likeness (QED) is 0.649. The van der Waals surface area contributed by atoms with Crippen molar-refractivity contribution in [2.24, 2.45) is 5.92 Å². The van der Waals surface area contributed by atoms with Gasteiger partial charge in [-0.2, -0.15) is 0 Å². The average molecular weight is 385 g/mol. The number of halogens is 1. The highest BCUT2D eigenvalue weighted by molar-refractivity contribution is 6.31. The van der Waals surface area contributed by atoms with E-state index < -0.39 is 5.92 Å². The lowest BCUT2D eigenvalue weighted by Gasteiger charge is -2.25. The van der Waals surface area contributed by atoms with Gasteiger partial charge in [-0.1, -0.05) is 11.6 Å². The van der Waals surface area contributed by atoms with E-state index in [9.17, 15) is 9.59 Å². The summed E-state index contributed by atoms with van der Waals surface area (Å²) in [5, 5.41) is 0.505. The molecular weight excluding hydrogens is 360 g/mol. The van der Waals surface area contributed by atoms with Gasteiger partial charge < -0.3 is 24.0 Å². The molecular formula is C18H25ClN2O5. The molecule has 1 heterocycles. The number of nitrogens with zero attached hydrogens (tertiary/aromatic N) is 2. The third-order valence-electron chi connectivity index (χ3n) is 4.35. The number of anilines is 1. The normalized spacial score (nSPS) is 16.8. The Kier molecular flexibility index (Phi) is 7.68. The summed E-state index contributed by atoms with van der Waals surface area (Å²) in [7, 11) is 4.71. The summed E-state index contributed by atoms with van der Waals surface area (Å²) in [6.07, 6.45) is 0.158. The van der Waals surface area contributed by atoms with Gasteiger partial charge in [-0.15, -0.1) is 0 Å². The number of ether oxygens (including phenoxy) is 3. The van der Waals surface area contributed by atoms with Gasteiger partial charge in [0.05, 0.1) is 31.9 Å². The second kappa shape index (κ2) is 9.75. The second-order valence-corrected chi connectivity index (χ2v) is 6.47. The molecule has 2 rings (SSSR count). The number of hydrogen-bond acceptors (Lipinski definition) is 5. The van der Waals surface area contributed by atoms with E-state index in [-0.39, 0.29) is 18.2 Å². The highest BCUT2D eigenvalue weighted by atomic mass is 35.5. The van der Waals surface area contributed by atoms with Crippen LogP contribution in [0.5, 0.6) is 5.75 Å². The number of hydrogen-bond donors (Lipinski definition) is 0. The number of methoxy groups -OCH3 is 3. The molecule has 0 radical (unpaired) electrons. The van der Waals surface area contributed by atoms with Gasteiger partial charge in [0.15, 0.2) is 0 Å². The van der Waals surface area contributed by atoms with Crippen LogP contribution in [0.25, 0.3) is 0 Å². The molecule has 144 valence electrons. The van der Waals surface area contributed by atoms with Crippen LogP contribution in [0.2, 0.25) is 5.02 Å². The van der Waals surface area contributed by atoms with Crippen LogP contribution in [0.1, 0.15) is 6.42 Å². The fraction of sp³-hybridized carbons (Fsp3) is 0.556. The van der Waals surface area contributed by atoms with Crippen molar-refractivity contribution in [2.75, 3.05) is 59.1 Å². The molecule has 1 aliphatic rings. The second-order valence-electron chi connectivity index (χ2n) is 6.03. The molecule has 0 aromatic heterocycles. The Morgan fingerprint density at radius 1 is 1.23 bits per heavy atom. The summed E-state index contributed by atoms with van der Waals surface area (Å²) in [6.45, 7) is 2.09. The molecule has 8 heteroatoms. The minimum atomic E-state index is -0.417. The summed E-state index contributed by atoms with van der Waals surface area (Å²) in [5.41, 5.74) is 0.584. The highest BCUT2D eigenvalue weighted by Gasteiger charge is 2.38. The average Bonchev–Trinajstić information content (AvgIpc) is 3.03. The lowest BCUT2D eigenvalue weighted by Crippen LogP contribution is -2.41. The van der Waals surface area contributed by atoms with Crippen molar-refractivity contribution in [1.82, 2.24) is 4.90 Å². The first kappa shape index (κ1) is 20.5. The molecule has 1 saturated heterocycles. The first-order valence-electron chi connectivity index (χ1n) is 8.42. The number of carbonyl (C=O) groups excluding carboxylic acids is 2. The Bertz CT molecular complexity index is 632. The van der Waals surface area contributed by atoms with E-state index in [1.54, 1.807) is 42.2 Å². The molecule has 0 N–H and O–H groups in total. The zero-order valence-corrected chi connectivity index (χ0v) is 16.1. The summed E-state index contributed by atoms with van der Waals surface area (Å²) in [5.74, 6) is -0.0651. The Labute approximate surface area is 158 Å². The molecule has 0 saturated carbocycles. The van der Waals surface area contributed by atoms with E-state index in [2.05, 4.69) is 0 Å². The van der Waals surface area contributed by atoms with Gasteiger partial charge >= 0.3 is 0 Å². The molecule has 7 nitrogen and oxygen atoms in total. The Balaban J connectivity index is 2.14. The third kappa shape index (κ3) is 4.87. The number of carbonyl (C=O) groups is 2. The van der Waals surface area contributed by atoms with Crippen LogP contribution < -0.4 is 9.64 Å². The van der Waals surface area contributed by atoms with Gasteiger partial charge in [-0.3, -0.25) is 9.59 Å². The predicted octanol–water partition coefficient (Wildman–Crippen LogP) is 1.82. The fourth-order valence-electron chi connectivity index (χ4n) is 2.97. The molecule has 1 aliphatic heterocycles. The van der Waals surface area contributed by atoms with Gasteiger partial charge in [0.25, 0.3) is 0 Å². The Morgan fingerprint density at radius 3 is 2.46 bits per heavy atom. The summed E-state index contributed by atoms with van der Waals surface area (Å²) >= 11 is 6.07. The Morgan fingerprint density at radius 2 is 1.88 bits per heavy atom. The van der Waals surface area contributed by atoms with E-state index >= 15 is 0 Å². The van der Waals surface area contributed by atoms with Crippen LogP contribution in [0, 0.1) is 5.92 Å². The standard InChI is InChI=1S/C18H25ClN2O5/c1-24-8-6-20(7-9-25-2)18(23)13-10-17(22)21(12-13)15-11-14(19)4-5-16(15)26-3/h4-5,11,13H,6-10,12H2,1-3H3. The van der Waals surface area contributed by atoms with Crippen molar-refractivity contribution in [3.63, 3.8) is 0 Å². The minimum Gasteiger partial charge on any atom is -0.495 e. The maximum absolute atomic E-state index is 12.9. The first-order chi connectivity index (χ1) is 12.5. The molecule has 2 amide bonds. The minimum absolute atomic E-state index is 0.0732. The number of rotatable bonds is 9. The zero-order chi connectivity index (χ0) is 19.1. The topological polar surface area (TPSA) is 68.3 Å². The lowest BCUT2D eigenvalue weighted by atomic mass is 10.1. The van der Waals surface area contributed by atoms with Crippen LogP contribution in [-0.4, -0.2) is 70.9 Å². The van der Waals surface area contributed by atoms with E-state index in [1.807, 2.05) is 0 Å². The van der Waals surface area contributed by atoms with Crippen molar-refractivity contribution in [2.45, 2.75) is 6.42 Å².